The van der Waals surface area contributed by atoms with Gasteiger partial charge in [0, 0.05) is 13.5 Å². The quantitative estimate of drug-likeness (QED) is 0.901. The maximum atomic E-state index is 12.9. The van der Waals surface area contributed by atoms with E-state index >= 15 is 0 Å². The third kappa shape index (κ3) is 5.04. The zero-order valence-electron chi connectivity index (χ0n) is 11.4. The zero-order chi connectivity index (χ0) is 15.3. The highest BCUT2D eigenvalue weighted by atomic mass is 19.4. The van der Waals surface area contributed by atoms with Gasteiger partial charge in [-0.05, 0) is 20.2 Å². The van der Waals surface area contributed by atoms with Crippen molar-refractivity contribution in [2.45, 2.75) is 13.1 Å². The maximum Gasteiger partial charge on any atom is 0.421 e. The molecule has 1 aromatic heterocycles. The number of alkyl halides is 3. The van der Waals surface area contributed by atoms with E-state index < -0.39 is 23.5 Å². The van der Waals surface area contributed by atoms with Gasteiger partial charge < -0.3 is 15.0 Å². The molecule has 1 rings (SSSR count). The van der Waals surface area contributed by atoms with Gasteiger partial charge in [0.2, 0.25) is 11.8 Å². The molecule has 0 fully saturated rings. The topological polar surface area (TPSA) is 54.5 Å². The van der Waals surface area contributed by atoms with Gasteiger partial charge in [0.25, 0.3) is 0 Å². The standard InChI is InChI=1S/C12H16F3N3O2/c1-8(19)17-9-6-10(12(13,14)15)11(16-7-9)20-5-4-18(2)3/h6-7H,4-5H2,1-3H3,(H,17,19). The van der Waals surface area contributed by atoms with Gasteiger partial charge >= 0.3 is 6.18 Å². The number of hydrogen-bond donors (Lipinski definition) is 1. The summed E-state index contributed by atoms with van der Waals surface area (Å²) in [4.78, 5) is 16.2. The van der Waals surface area contributed by atoms with Gasteiger partial charge in [-0.15, -0.1) is 0 Å². The number of likely N-dealkylation sites (N-methyl/N-ethyl adjacent to an activating group) is 1. The molecule has 0 saturated carbocycles. The molecule has 0 aliphatic carbocycles. The monoisotopic (exact) mass is 291 g/mol. The number of aromatic nitrogens is 1. The Morgan fingerprint density at radius 3 is 2.60 bits per heavy atom. The van der Waals surface area contributed by atoms with E-state index in [1.165, 1.54) is 6.92 Å². The van der Waals surface area contributed by atoms with E-state index in [1.54, 1.807) is 19.0 Å². The summed E-state index contributed by atoms with van der Waals surface area (Å²) in [5.74, 6) is -0.963. The fourth-order valence-electron chi connectivity index (χ4n) is 1.37. The number of ether oxygens (including phenoxy) is 1. The normalized spacial score (nSPS) is 11.6. The molecule has 0 unspecified atom stereocenters. The molecule has 0 atom stereocenters. The number of nitrogens with one attached hydrogen (secondary N) is 1. The number of halogens is 3. The van der Waals surface area contributed by atoms with Gasteiger partial charge in [-0.1, -0.05) is 0 Å². The van der Waals surface area contributed by atoms with Crippen molar-refractivity contribution in [1.29, 1.82) is 0 Å². The number of amides is 1. The summed E-state index contributed by atoms with van der Waals surface area (Å²) in [7, 11) is 3.56. The second-order valence-electron chi connectivity index (χ2n) is 4.41. The molecular formula is C12H16F3N3O2. The first-order chi connectivity index (χ1) is 9.20. The summed E-state index contributed by atoms with van der Waals surface area (Å²) < 4.78 is 43.8. The first-order valence-corrected chi connectivity index (χ1v) is 5.82. The van der Waals surface area contributed by atoms with Crippen LogP contribution in [0.15, 0.2) is 12.3 Å². The van der Waals surface area contributed by atoms with Crippen LogP contribution < -0.4 is 10.1 Å². The molecule has 0 spiro atoms. The molecular weight excluding hydrogens is 275 g/mol. The molecule has 0 aliphatic rings. The average molecular weight is 291 g/mol. The van der Waals surface area contributed by atoms with Gasteiger partial charge in [-0.3, -0.25) is 4.79 Å². The number of rotatable bonds is 5. The fourth-order valence-corrected chi connectivity index (χ4v) is 1.37. The Bertz CT molecular complexity index is 476. The van der Waals surface area contributed by atoms with Crippen LogP contribution in [0.25, 0.3) is 0 Å². The van der Waals surface area contributed by atoms with E-state index in [0.29, 0.717) is 6.54 Å². The Hall–Kier alpha value is -1.83. The van der Waals surface area contributed by atoms with Gasteiger partial charge in [0.05, 0.1) is 11.9 Å². The minimum Gasteiger partial charge on any atom is -0.476 e. The number of anilines is 1. The van der Waals surface area contributed by atoms with Crippen LogP contribution in [0.1, 0.15) is 12.5 Å². The molecule has 1 aromatic rings. The van der Waals surface area contributed by atoms with Crippen molar-refractivity contribution >= 4 is 11.6 Å². The summed E-state index contributed by atoms with van der Waals surface area (Å²) in [6, 6.07) is 0.805. The average Bonchev–Trinajstić information content (AvgIpc) is 2.28. The van der Waals surface area contributed by atoms with Crippen LogP contribution >= 0.6 is 0 Å². The van der Waals surface area contributed by atoms with Crippen molar-refractivity contribution in [3.8, 4) is 5.88 Å². The first kappa shape index (κ1) is 16.2. The summed E-state index contributed by atoms with van der Waals surface area (Å²) in [5.41, 5.74) is -1.03. The van der Waals surface area contributed by atoms with E-state index in [2.05, 4.69) is 10.3 Å². The van der Waals surface area contributed by atoms with Crippen LogP contribution in [0.2, 0.25) is 0 Å². The largest absolute Gasteiger partial charge is 0.476 e. The molecule has 0 radical (unpaired) electrons. The number of pyridine rings is 1. The van der Waals surface area contributed by atoms with Crippen molar-refractivity contribution in [3.05, 3.63) is 17.8 Å². The number of carbonyl (C=O) groups excluding carboxylic acids is 1. The minimum absolute atomic E-state index is 0.0233. The summed E-state index contributed by atoms with van der Waals surface area (Å²) in [6.07, 6.45) is -3.48. The molecule has 112 valence electrons. The van der Waals surface area contributed by atoms with E-state index in [-0.39, 0.29) is 12.3 Å². The number of nitrogens with zero attached hydrogens (tertiary/aromatic N) is 2. The van der Waals surface area contributed by atoms with Gasteiger partial charge in [0.15, 0.2) is 0 Å². The summed E-state index contributed by atoms with van der Waals surface area (Å²) >= 11 is 0. The molecule has 0 saturated heterocycles. The molecule has 1 amide bonds. The lowest BCUT2D eigenvalue weighted by Crippen LogP contribution is -2.21. The highest BCUT2D eigenvalue weighted by Gasteiger charge is 2.35. The summed E-state index contributed by atoms with van der Waals surface area (Å²) in [5, 5.41) is 2.25. The lowest BCUT2D eigenvalue weighted by atomic mass is 10.2. The molecule has 5 nitrogen and oxygen atoms in total. The molecule has 8 heteroatoms. The van der Waals surface area contributed by atoms with Crippen molar-refractivity contribution in [1.82, 2.24) is 9.88 Å². The molecule has 1 heterocycles. The third-order valence-electron chi connectivity index (χ3n) is 2.25. The zero-order valence-corrected chi connectivity index (χ0v) is 11.4. The Labute approximate surface area is 114 Å². The summed E-state index contributed by atoms with van der Waals surface area (Å²) in [6.45, 7) is 1.75. The maximum absolute atomic E-state index is 12.9. The molecule has 20 heavy (non-hydrogen) atoms. The predicted octanol–water partition coefficient (Wildman–Crippen LogP) is 2.00. The SMILES string of the molecule is CC(=O)Nc1cnc(OCCN(C)C)c(C(F)(F)F)c1. The second-order valence-corrected chi connectivity index (χ2v) is 4.41. The Morgan fingerprint density at radius 2 is 2.10 bits per heavy atom. The lowest BCUT2D eigenvalue weighted by Gasteiger charge is -2.15. The predicted molar refractivity (Wildman–Crippen MR) is 67.6 cm³/mol. The van der Waals surface area contributed by atoms with E-state index in [9.17, 15) is 18.0 Å². The van der Waals surface area contributed by atoms with Gasteiger partial charge in [-0.25, -0.2) is 4.98 Å². The van der Waals surface area contributed by atoms with Crippen molar-refractivity contribution < 1.29 is 22.7 Å². The van der Waals surface area contributed by atoms with Gasteiger partial charge in [-0.2, -0.15) is 13.2 Å². The Morgan fingerprint density at radius 1 is 1.45 bits per heavy atom. The van der Waals surface area contributed by atoms with Crippen LogP contribution in [0.3, 0.4) is 0 Å². The van der Waals surface area contributed by atoms with Crippen LogP contribution in [-0.2, 0) is 11.0 Å². The smallest absolute Gasteiger partial charge is 0.421 e. The van der Waals surface area contributed by atoms with E-state index in [1.807, 2.05) is 0 Å². The molecule has 1 N–H and O–H groups in total. The van der Waals surface area contributed by atoms with Crippen molar-refractivity contribution in [2.24, 2.45) is 0 Å². The molecule has 0 bridgehead atoms. The Balaban J connectivity index is 2.95. The van der Waals surface area contributed by atoms with Crippen LogP contribution in [0.5, 0.6) is 5.88 Å². The Kier molecular flexibility index (Phi) is 5.32. The van der Waals surface area contributed by atoms with Crippen molar-refractivity contribution in [2.75, 3.05) is 32.6 Å². The molecule has 0 aromatic carbocycles. The second kappa shape index (κ2) is 6.56. The molecule has 0 aliphatic heterocycles. The van der Waals surface area contributed by atoms with Crippen LogP contribution in [0.4, 0.5) is 18.9 Å². The van der Waals surface area contributed by atoms with Gasteiger partial charge in [0.1, 0.15) is 12.2 Å². The third-order valence-corrected chi connectivity index (χ3v) is 2.25. The first-order valence-electron chi connectivity index (χ1n) is 5.82. The lowest BCUT2D eigenvalue weighted by molar-refractivity contribution is -0.139. The van der Waals surface area contributed by atoms with E-state index in [0.717, 1.165) is 12.3 Å². The number of hydrogen-bond acceptors (Lipinski definition) is 4. The van der Waals surface area contributed by atoms with Crippen molar-refractivity contribution in [3.63, 3.8) is 0 Å². The van der Waals surface area contributed by atoms with E-state index in [4.69, 9.17) is 4.74 Å². The minimum atomic E-state index is -4.60. The number of carbonyl (C=O) groups is 1. The van der Waals surface area contributed by atoms with Crippen LogP contribution in [-0.4, -0.2) is 43.0 Å². The van der Waals surface area contributed by atoms with Crippen LogP contribution in [0, 0.1) is 0 Å². The fraction of sp³-hybridized carbons (Fsp3) is 0.500. The highest BCUT2D eigenvalue weighted by molar-refractivity contribution is 5.88. The highest BCUT2D eigenvalue weighted by Crippen LogP contribution is 2.36.